The molecule has 1 aromatic rings. The molecule has 1 aliphatic rings. The number of carboxylic acids is 1. The van der Waals surface area contributed by atoms with Crippen LogP contribution in [0.5, 0.6) is 0 Å². The Bertz CT molecular complexity index is 548. The minimum atomic E-state index is -1.08. The van der Waals surface area contributed by atoms with E-state index in [0.29, 0.717) is 10.8 Å². The van der Waals surface area contributed by atoms with Gasteiger partial charge < -0.3 is 5.11 Å². The van der Waals surface area contributed by atoms with Crippen LogP contribution in [0.2, 0.25) is 0 Å². The number of carbonyl (C=O) groups is 2. The molecular weight excluding hydrogens is 296 g/mol. The molecule has 0 radical (unpaired) electrons. The molecule has 2 rings (SSSR count). The highest BCUT2D eigenvalue weighted by Gasteiger charge is 2.39. The van der Waals surface area contributed by atoms with Crippen LogP contribution in [0.4, 0.5) is 0 Å². The number of thiol groups is 1. The van der Waals surface area contributed by atoms with Gasteiger partial charge in [-0.05, 0) is 0 Å². The number of carbonyl (C=O) groups excluding carboxylic acids is 1. The van der Waals surface area contributed by atoms with Gasteiger partial charge >= 0.3 is 5.97 Å². The fourth-order valence-corrected chi connectivity index (χ4v) is 2.79. The Morgan fingerprint density at radius 2 is 2.10 bits per heavy atom. The SMILES string of the molecule is C[C@H](CS)C(=O)N1N=C(c2ccccc2)SC1C(=O)O. The highest BCUT2D eigenvalue weighted by atomic mass is 32.2. The monoisotopic (exact) mass is 310 g/mol. The standard InChI is InChI=1S/C13H14N2O3S2/c1-8(7-19)11(16)15-12(13(17)18)20-10(14-15)9-5-3-2-4-6-9/h2-6,8,12,19H,7H2,1H3,(H,17,18)/t8-,12?/m1/s1. The van der Waals surface area contributed by atoms with E-state index in [1.807, 2.05) is 30.3 Å². The van der Waals surface area contributed by atoms with E-state index < -0.39 is 11.3 Å². The summed E-state index contributed by atoms with van der Waals surface area (Å²) in [5.41, 5.74) is 0.803. The summed E-state index contributed by atoms with van der Waals surface area (Å²) in [7, 11) is 0. The van der Waals surface area contributed by atoms with Crippen LogP contribution in [0.15, 0.2) is 35.4 Å². The summed E-state index contributed by atoms with van der Waals surface area (Å²) in [4.78, 5) is 23.5. The van der Waals surface area contributed by atoms with E-state index in [0.717, 1.165) is 22.3 Å². The van der Waals surface area contributed by atoms with Crippen LogP contribution in [-0.2, 0) is 9.59 Å². The Kier molecular flexibility index (Phi) is 4.72. The van der Waals surface area contributed by atoms with Gasteiger partial charge in [-0.1, -0.05) is 49.0 Å². The number of hydrogen-bond acceptors (Lipinski definition) is 5. The number of amides is 1. The zero-order chi connectivity index (χ0) is 14.7. The predicted octanol–water partition coefficient (Wildman–Crippen LogP) is 1.90. The van der Waals surface area contributed by atoms with E-state index in [1.165, 1.54) is 0 Å². The third kappa shape index (κ3) is 2.99. The summed E-state index contributed by atoms with van der Waals surface area (Å²) in [6, 6.07) is 9.22. The number of aliphatic carboxylic acids is 1. The second-order valence-corrected chi connectivity index (χ2v) is 5.78. The lowest BCUT2D eigenvalue weighted by Crippen LogP contribution is -2.39. The number of rotatable bonds is 4. The van der Waals surface area contributed by atoms with Crippen molar-refractivity contribution in [1.82, 2.24) is 5.01 Å². The van der Waals surface area contributed by atoms with Crippen LogP contribution < -0.4 is 0 Å². The quantitative estimate of drug-likeness (QED) is 0.833. The molecule has 5 nitrogen and oxygen atoms in total. The van der Waals surface area contributed by atoms with E-state index >= 15 is 0 Å². The third-order valence-electron chi connectivity index (χ3n) is 2.80. The van der Waals surface area contributed by atoms with Crippen molar-refractivity contribution in [2.45, 2.75) is 12.3 Å². The number of hydrogen-bond donors (Lipinski definition) is 2. The number of hydrazone groups is 1. The minimum absolute atomic E-state index is 0.328. The molecule has 0 aromatic heterocycles. The first-order valence-corrected chi connectivity index (χ1v) is 7.53. The van der Waals surface area contributed by atoms with Crippen LogP contribution in [0.25, 0.3) is 0 Å². The van der Waals surface area contributed by atoms with E-state index in [2.05, 4.69) is 17.7 Å². The first-order valence-electron chi connectivity index (χ1n) is 6.02. The summed E-state index contributed by atoms with van der Waals surface area (Å²) in [6.07, 6.45) is 0. The first kappa shape index (κ1) is 14.9. The molecule has 0 fully saturated rings. The summed E-state index contributed by atoms with van der Waals surface area (Å²) in [6.45, 7) is 1.70. The van der Waals surface area contributed by atoms with Gasteiger partial charge in [0, 0.05) is 17.2 Å². The van der Waals surface area contributed by atoms with E-state index in [4.69, 9.17) is 0 Å². The number of benzene rings is 1. The maximum Gasteiger partial charge on any atom is 0.339 e. The summed E-state index contributed by atoms with van der Waals surface area (Å²) in [5, 5.41) is 14.0. The van der Waals surface area contributed by atoms with Crippen molar-refractivity contribution in [3.8, 4) is 0 Å². The summed E-state index contributed by atoms with van der Waals surface area (Å²) in [5.74, 6) is -1.43. The Labute approximate surface area is 126 Å². The van der Waals surface area contributed by atoms with Gasteiger partial charge in [0.2, 0.25) is 11.3 Å². The molecule has 1 aliphatic heterocycles. The van der Waals surface area contributed by atoms with Gasteiger partial charge in [0.25, 0.3) is 0 Å². The highest BCUT2D eigenvalue weighted by molar-refractivity contribution is 8.15. The molecule has 0 saturated carbocycles. The lowest BCUT2D eigenvalue weighted by atomic mass is 10.2. The zero-order valence-electron chi connectivity index (χ0n) is 10.8. The molecule has 106 valence electrons. The molecule has 20 heavy (non-hydrogen) atoms. The van der Waals surface area contributed by atoms with Crippen LogP contribution in [0.3, 0.4) is 0 Å². The molecule has 2 atom stereocenters. The van der Waals surface area contributed by atoms with Crippen molar-refractivity contribution < 1.29 is 14.7 Å². The molecule has 1 N–H and O–H groups in total. The first-order chi connectivity index (χ1) is 9.54. The van der Waals surface area contributed by atoms with Crippen LogP contribution in [0, 0.1) is 5.92 Å². The molecule has 0 bridgehead atoms. The molecule has 1 aromatic carbocycles. The van der Waals surface area contributed by atoms with Gasteiger partial charge in [-0.25, -0.2) is 9.80 Å². The van der Waals surface area contributed by atoms with Gasteiger partial charge in [-0.15, -0.1) is 0 Å². The second kappa shape index (κ2) is 6.32. The van der Waals surface area contributed by atoms with Crippen molar-refractivity contribution in [3.05, 3.63) is 35.9 Å². The lowest BCUT2D eigenvalue weighted by molar-refractivity contribution is -0.147. The molecule has 1 unspecified atom stereocenters. The van der Waals surface area contributed by atoms with Gasteiger partial charge in [-0.3, -0.25) is 4.79 Å². The topological polar surface area (TPSA) is 70.0 Å². The fraction of sp³-hybridized carbons (Fsp3) is 0.308. The maximum atomic E-state index is 12.2. The van der Waals surface area contributed by atoms with E-state index in [-0.39, 0.29) is 11.8 Å². The Balaban J connectivity index is 2.30. The third-order valence-corrected chi connectivity index (χ3v) is 4.51. The highest BCUT2D eigenvalue weighted by Crippen LogP contribution is 2.31. The predicted molar refractivity (Wildman–Crippen MR) is 81.9 cm³/mol. The molecule has 0 saturated heterocycles. The van der Waals surface area contributed by atoms with Crippen LogP contribution >= 0.6 is 24.4 Å². The van der Waals surface area contributed by atoms with Gasteiger partial charge in [0.1, 0.15) is 5.04 Å². The average Bonchev–Trinajstić information content (AvgIpc) is 2.92. The van der Waals surface area contributed by atoms with Gasteiger partial charge in [0.05, 0.1) is 0 Å². The molecule has 0 aliphatic carbocycles. The summed E-state index contributed by atoms with van der Waals surface area (Å²) < 4.78 is 0. The van der Waals surface area contributed by atoms with Crippen molar-refractivity contribution in [2.75, 3.05) is 5.75 Å². The van der Waals surface area contributed by atoms with Crippen LogP contribution in [-0.4, -0.2) is 38.2 Å². The second-order valence-electron chi connectivity index (χ2n) is 4.35. The average molecular weight is 310 g/mol. The Morgan fingerprint density at radius 1 is 1.45 bits per heavy atom. The summed E-state index contributed by atoms with van der Waals surface area (Å²) >= 11 is 5.14. The smallest absolute Gasteiger partial charge is 0.339 e. The number of nitrogens with zero attached hydrogens (tertiary/aromatic N) is 2. The minimum Gasteiger partial charge on any atom is -0.479 e. The Hall–Kier alpha value is -1.47. The van der Waals surface area contributed by atoms with Crippen molar-refractivity contribution >= 4 is 41.3 Å². The van der Waals surface area contributed by atoms with Crippen molar-refractivity contribution in [2.24, 2.45) is 11.0 Å². The molecular formula is C13H14N2O3S2. The number of thioether (sulfide) groups is 1. The van der Waals surface area contributed by atoms with E-state index in [9.17, 15) is 14.7 Å². The molecule has 1 amide bonds. The van der Waals surface area contributed by atoms with Gasteiger partial charge in [0.15, 0.2) is 0 Å². The van der Waals surface area contributed by atoms with Crippen molar-refractivity contribution in [1.29, 1.82) is 0 Å². The molecule has 0 spiro atoms. The number of carboxylic acid groups (broad SMARTS) is 1. The van der Waals surface area contributed by atoms with Crippen LogP contribution in [0.1, 0.15) is 12.5 Å². The normalized spacial score (nSPS) is 19.6. The zero-order valence-corrected chi connectivity index (χ0v) is 12.5. The van der Waals surface area contributed by atoms with Gasteiger partial charge in [-0.2, -0.15) is 17.7 Å². The largest absolute Gasteiger partial charge is 0.479 e. The van der Waals surface area contributed by atoms with E-state index in [1.54, 1.807) is 6.92 Å². The molecule has 7 heteroatoms. The molecule has 1 heterocycles. The Morgan fingerprint density at radius 3 is 2.65 bits per heavy atom. The fourth-order valence-electron chi connectivity index (χ4n) is 1.66. The lowest BCUT2D eigenvalue weighted by Gasteiger charge is -2.19. The maximum absolute atomic E-state index is 12.2. The van der Waals surface area contributed by atoms with Crippen molar-refractivity contribution in [3.63, 3.8) is 0 Å².